The maximum Gasteiger partial charge on any atom is 0.242 e. The van der Waals surface area contributed by atoms with Gasteiger partial charge in [0, 0.05) is 13.1 Å². The van der Waals surface area contributed by atoms with E-state index in [1.165, 1.54) is 0 Å². The summed E-state index contributed by atoms with van der Waals surface area (Å²) in [6.07, 6.45) is 0. The average Bonchev–Trinajstić information content (AvgIpc) is 2.28. The third-order valence-electron chi connectivity index (χ3n) is 2.88. The maximum atomic E-state index is 11.6. The molecule has 3 N–H and O–H groups in total. The van der Waals surface area contributed by atoms with E-state index in [2.05, 4.69) is 5.32 Å². The van der Waals surface area contributed by atoms with Crippen LogP contribution < -0.4 is 16.0 Å². The number of carbonyl (C=O) groups is 1. The summed E-state index contributed by atoms with van der Waals surface area (Å²) in [7, 11) is 0. The van der Waals surface area contributed by atoms with Gasteiger partial charge >= 0.3 is 0 Å². The molecule has 6 heteroatoms. The van der Waals surface area contributed by atoms with Crippen molar-refractivity contribution in [3.05, 3.63) is 22.2 Å². The molecule has 0 saturated carbocycles. The van der Waals surface area contributed by atoms with Crippen LogP contribution in [0.2, 0.25) is 10.0 Å². The van der Waals surface area contributed by atoms with E-state index in [1.807, 2.05) is 11.8 Å². The van der Waals surface area contributed by atoms with Crippen molar-refractivity contribution in [2.45, 2.75) is 13.0 Å². The Bertz CT molecular complexity index is 464. The first-order valence-electron chi connectivity index (χ1n) is 5.29. The van der Waals surface area contributed by atoms with E-state index in [4.69, 9.17) is 28.9 Å². The fourth-order valence-electron chi connectivity index (χ4n) is 1.91. The molecule has 17 heavy (non-hydrogen) atoms. The van der Waals surface area contributed by atoms with Gasteiger partial charge in [-0.15, -0.1) is 0 Å². The smallest absolute Gasteiger partial charge is 0.242 e. The van der Waals surface area contributed by atoms with Crippen molar-refractivity contribution in [3.8, 4) is 0 Å². The minimum atomic E-state index is -0.261. The van der Waals surface area contributed by atoms with Crippen LogP contribution >= 0.6 is 23.2 Å². The molecule has 1 amide bonds. The van der Waals surface area contributed by atoms with Crippen molar-refractivity contribution in [1.29, 1.82) is 0 Å². The summed E-state index contributed by atoms with van der Waals surface area (Å²) in [5, 5.41) is 3.65. The molecule has 0 aromatic heterocycles. The lowest BCUT2D eigenvalue weighted by atomic mass is 10.1. The van der Waals surface area contributed by atoms with Crippen LogP contribution in [0.3, 0.4) is 0 Å². The Hall–Kier alpha value is -1.13. The number of halogens is 2. The van der Waals surface area contributed by atoms with Gasteiger partial charge in [0.25, 0.3) is 0 Å². The number of amides is 1. The lowest BCUT2D eigenvalue weighted by molar-refractivity contribution is -0.122. The summed E-state index contributed by atoms with van der Waals surface area (Å²) in [6.45, 7) is 3.13. The predicted octanol–water partition coefficient (Wildman–Crippen LogP) is 1.90. The van der Waals surface area contributed by atoms with E-state index in [9.17, 15) is 4.79 Å². The topological polar surface area (TPSA) is 58.4 Å². The Labute approximate surface area is 110 Å². The van der Waals surface area contributed by atoms with Crippen LogP contribution in [0, 0.1) is 0 Å². The van der Waals surface area contributed by atoms with E-state index in [0.29, 0.717) is 28.8 Å². The molecule has 0 aliphatic carbocycles. The number of anilines is 2. The molecule has 1 unspecified atom stereocenters. The highest BCUT2D eigenvalue weighted by Crippen LogP contribution is 2.34. The zero-order valence-corrected chi connectivity index (χ0v) is 10.8. The first-order chi connectivity index (χ1) is 8.00. The van der Waals surface area contributed by atoms with Gasteiger partial charge in [0.05, 0.1) is 21.4 Å². The Morgan fingerprint density at radius 2 is 2.06 bits per heavy atom. The van der Waals surface area contributed by atoms with E-state index < -0.39 is 0 Å². The monoisotopic (exact) mass is 273 g/mol. The highest BCUT2D eigenvalue weighted by atomic mass is 35.5. The van der Waals surface area contributed by atoms with E-state index in [-0.39, 0.29) is 11.9 Å². The van der Waals surface area contributed by atoms with Crippen molar-refractivity contribution in [2.24, 2.45) is 0 Å². The van der Waals surface area contributed by atoms with E-state index in [0.717, 1.165) is 5.69 Å². The largest absolute Gasteiger partial charge is 0.397 e. The van der Waals surface area contributed by atoms with Gasteiger partial charge in [0.15, 0.2) is 0 Å². The third kappa shape index (κ3) is 2.28. The molecule has 1 atom stereocenters. The Balaban J connectivity index is 2.39. The van der Waals surface area contributed by atoms with Crippen LogP contribution in [0.25, 0.3) is 0 Å². The van der Waals surface area contributed by atoms with Gasteiger partial charge in [-0.2, -0.15) is 0 Å². The van der Waals surface area contributed by atoms with Crippen molar-refractivity contribution in [2.75, 3.05) is 23.7 Å². The molecule has 0 radical (unpaired) electrons. The zero-order chi connectivity index (χ0) is 12.6. The molecule has 1 aromatic rings. The lowest BCUT2D eigenvalue weighted by Gasteiger charge is -2.35. The quantitative estimate of drug-likeness (QED) is 0.769. The van der Waals surface area contributed by atoms with Gasteiger partial charge < -0.3 is 16.0 Å². The van der Waals surface area contributed by atoms with Crippen LogP contribution in [0.1, 0.15) is 6.92 Å². The fraction of sp³-hybridized carbons (Fsp3) is 0.364. The highest BCUT2D eigenvalue weighted by molar-refractivity contribution is 6.42. The molecule has 0 bridgehead atoms. The van der Waals surface area contributed by atoms with Gasteiger partial charge in [-0.25, -0.2) is 0 Å². The maximum absolute atomic E-state index is 11.6. The van der Waals surface area contributed by atoms with E-state index >= 15 is 0 Å². The van der Waals surface area contributed by atoms with E-state index in [1.54, 1.807) is 12.1 Å². The molecule has 0 spiro atoms. The summed E-state index contributed by atoms with van der Waals surface area (Å²) in [6, 6.07) is 3.05. The zero-order valence-electron chi connectivity index (χ0n) is 9.34. The first kappa shape index (κ1) is 12.3. The SMILES string of the molecule is CC1C(=O)NCCN1c1cc(Cl)c(Cl)cc1N. The van der Waals surface area contributed by atoms with Crippen LogP contribution in [-0.4, -0.2) is 25.0 Å². The molecule has 4 nitrogen and oxygen atoms in total. The number of piperazine rings is 1. The fourth-order valence-corrected chi connectivity index (χ4v) is 2.24. The molecular formula is C11H13Cl2N3O. The second-order valence-electron chi connectivity index (χ2n) is 3.99. The summed E-state index contributed by atoms with van der Waals surface area (Å²) in [5.41, 5.74) is 7.19. The summed E-state index contributed by atoms with van der Waals surface area (Å²) in [5.74, 6) is -0.0123. The number of hydrogen-bond acceptors (Lipinski definition) is 3. The Morgan fingerprint density at radius 1 is 1.41 bits per heavy atom. The van der Waals surface area contributed by atoms with Gasteiger partial charge in [-0.1, -0.05) is 23.2 Å². The molecule has 1 aliphatic rings. The van der Waals surface area contributed by atoms with Crippen molar-refractivity contribution < 1.29 is 4.79 Å². The predicted molar refractivity (Wildman–Crippen MR) is 70.7 cm³/mol. The second kappa shape index (κ2) is 4.63. The minimum Gasteiger partial charge on any atom is -0.397 e. The molecule has 1 aromatic carbocycles. The van der Waals surface area contributed by atoms with Crippen molar-refractivity contribution in [1.82, 2.24) is 5.32 Å². The normalized spacial score (nSPS) is 20.3. The summed E-state index contributed by atoms with van der Waals surface area (Å²) in [4.78, 5) is 13.5. The number of benzene rings is 1. The van der Waals surface area contributed by atoms with Crippen molar-refractivity contribution in [3.63, 3.8) is 0 Å². The van der Waals surface area contributed by atoms with Crippen LogP contribution in [0.4, 0.5) is 11.4 Å². The standard InChI is InChI=1S/C11H13Cl2N3O/c1-6-11(17)15-2-3-16(6)10-5-8(13)7(12)4-9(10)14/h4-6H,2-3,14H2,1H3,(H,15,17). The summed E-state index contributed by atoms with van der Waals surface area (Å²) >= 11 is 11.9. The van der Waals surface area contributed by atoms with Crippen LogP contribution in [0.15, 0.2) is 12.1 Å². The first-order valence-corrected chi connectivity index (χ1v) is 6.05. The van der Waals surface area contributed by atoms with Gasteiger partial charge in [-0.05, 0) is 19.1 Å². The molecule has 2 rings (SSSR count). The minimum absolute atomic E-state index is 0.0123. The van der Waals surface area contributed by atoms with Crippen LogP contribution in [0.5, 0.6) is 0 Å². The number of hydrogen-bond donors (Lipinski definition) is 2. The Kier molecular flexibility index (Phi) is 3.35. The molecule has 1 saturated heterocycles. The molecule has 1 aliphatic heterocycles. The number of carbonyl (C=O) groups excluding carboxylic acids is 1. The third-order valence-corrected chi connectivity index (χ3v) is 3.60. The van der Waals surface area contributed by atoms with Gasteiger partial charge in [-0.3, -0.25) is 4.79 Å². The van der Waals surface area contributed by atoms with Gasteiger partial charge in [0.1, 0.15) is 6.04 Å². The number of nitrogen functional groups attached to an aromatic ring is 1. The lowest BCUT2D eigenvalue weighted by Crippen LogP contribution is -2.54. The summed E-state index contributed by atoms with van der Waals surface area (Å²) < 4.78 is 0. The van der Waals surface area contributed by atoms with Crippen LogP contribution in [-0.2, 0) is 4.79 Å². The molecule has 1 heterocycles. The van der Waals surface area contributed by atoms with Gasteiger partial charge in [0.2, 0.25) is 5.91 Å². The molecule has 92 valence electrons. The number of rotatable bonds is 1. The Morgan fingerprint density at radius 3 is 2.76 bits per heavy atom. The number of nitrogens with one attached hydrogen (secondary N) is 1. The highest BCUT2D eigenvalue weighted by Gasteiger charge is 2.27. The average molecular weight is 274 g/mol. The second-order valence-corrected chi connectivity index (χ2v) is 4.80. The number of nitrogens with zero attached hydrogens (tertiary/aromatic N) is 1. The molecule has 1 fully saturated rings. The van der Waals surface area contributed by atoms with Crippen molar-refractivity contribution >= 4 is 40.5 Å². The number of nitrogens with two attached hydrogens (primary N) is 1. The molecular weight excluding hydrogens is 261 g/mol.